The normalized spacial score (nSPS) is 16.7. The number of nitrogens with zero attached hydrogens (tertiary/aromatic N) is 2. The summed E-state index contributed by atoms with van der Waals surface area (Å²) in [5, 5.41) is 3.81. The molecular weight excluding hydrogens is 354 g/mol. The Kier molecular flexibility index (Phi) is 4.00. The number of hydrogen-bond donors (Lipinski definition) is 1. The molecule has 0 aliphatic carbocycles. The predicted molar refractivity (Wildman–Crippen MR) is 99.1 cm³/mol. The number of imidazole rings is 1. The number of carbonyl (C=O) groups excluding carboxylic acids is 1. The summed E-state index contributed by atoms with van der Waals surface area (Å²) in [5.41, 5.74) is 2.77. The molecule has 1 aliphatic heterocycles. The molecule has 2 aromatic heterocycles. The zero-order chi connectivity index (χ0) is 18.4. The number of esters is 1. The predicted octanol–water partition coefficient (Wildman–Crippen LogP) is 4.52. The summed E-state index contributed by atoms with van der Waals surface area (Å²) in [6, 6.07) is 8.65. The van der Waals surface area contributed by atoms with E-state index in [1.807, 2.05) is 37.5 Å². The first-order valence-electron chi connectivity index (χ1n) is 8.35. The first-order chi connectivity index (χ1) is 12.5. The quantitative estimate of drug-likeness (QED) is 0.685. The summed E-state index contributed by atoms with van der Waals surface area (Å²) in [5.74, 6) is 0.882. The zero-order valence-corrected chi connectivity index (χ0v) is 15.4. The van der Waals surface area contributed by atoms with Crippen molar-refractivity contribution in [2.45, 2.75) is 32.9 Å². The summed E-state index contributed by atoms with van der Waals surface area (Å²) in [7, 11) is 0. The van der Waals surface area contributed by atoms with Gasteiger partial charge in [0.25, 0.3) is 0 Å². The molecule has 134 valence electrons. The van der Waals surface area contributed by atoms with Crippen molar-refractivity contribution in [3.05, 3.63) is 58.6 Å². The molecule has 26 heavy (non-hydrogen) atoms. The Hall–Kier alpha value is -2.73. The van der Waals surface area contributed by atoms with E-state index >= 15 is 0 Å². The minimum absolute atomic E-state index is 0.222. The van der Waals surface area contributed by atoms with E-state index < -0.39 is 6.04 Å². The van der Waals surface area contributed by atoms with Gasteiger partial charge in [0.1, 0.15) is 11.8 Å². The first-order valence-corrected chi connectivity index (χ1v) is 8.73. The van der Waals surface area contributed by atoms with E-state index in [9.17, 15) is 4.79 Å². The Bertz CT molecular complexity index is 1020. The van der Waals surface area contributed by atoms with Crippen LogP contribution >= 0.6 is 11.6 Å². The second-order valence-corrected chi connectivity index (χ2v) is 6.91. The monoisotopic (exact) mass is 371 g/mol. The Morgan fingerprint density at radius 1 is 1.38 bits per heavy atom. The molecule has 7 heteroatoms. The van der Waals surface area contributed by atoms with Crippen LogP contribution in [-0.4, -0.2) is 21.6 Å². The summed E-state index contributed by atoms with van der Waals surface area (Å²) in [6.07, 6.45) is 1.37. The molecule has 3 aromatic rings. The molecule has 6 nitrogen and oxygen atoms in total. The SMILES string of the molecule is CC1=C(C(=O)OC(C)C)[C@H](c2ccco2)n2c(nc3cc(Cl)ccc32)N1. The molecule has 0 unspecified atom stereocenters. The van der Waals surface area contributed by atoms with Crippen LogP contribution < -0.4 is 5.32 Å². The standard InChI is InChI=1S/C19H18ClN3O3/c1-10(2)26-18(24)16-11(3)21-19-22-13-9-12(20)6-7-14(13)23(19)17(16)15-5-4-8-25-15/h4-10,17H,1-3H3,(H,21,22)/t17-/m0/s1. The van der Waals surface area contributed by atoms with Crippen molar-refractivity contribution in [1.29, 1.82) is 0 Å². The largest absolute Gasteiger partial charge is 0.467 e. The Morgan fingerprint density at radius 2 is 2.19 bits per heavy atom. The number of aromatic nitrogens is 2. The number of rotatable bonds is 3. The molecule has 1 atom stereocenters. The van der Waals surface area contributed by atoms with Crippen molar-refractivity contribution in [3.63, 3.8) is 0 Å². The van der Waals surface area contributed by atoms with E-state index in [1.54, 1.807) is 24.5 Å². The highest BCUT2D eigenvalue weighted by Crippen LogP contribution is 2.40. The van der Waals surface area contributed by atoms with Crippen LogP contribution in [0.4, 0.5) is 5.95 Å². The third-order valence-corrected chi connectivity index (χ3v) is 4.50. The van der Waals surface area contributed by atoms with Gasteiger partial charge in [0.15, 0.2) is 0 Å². The molecule has 4 rings (SSSR count). The second-order valence-electron chi connectivity index (χ2n) is 6.47. The maximum Gasteiger partial charge on any atom is 0.338 e. The van der Waals surface area contributed by atoms with E-state index in [2.05, 4.69) is 10.3 Å². The van der Waals surface area contributed by atoms with Gasteiger partial charge in [0, 0.05) is 10.7 Å². The van der Waals surface area contributed by atoms with E-state index in [1.165, 1.54) is 0 Å². The van der Waals surface area contributed by atoms with Crippen molar-refractivity contribution in [2.75, 3.05) is 5.32 Å². The first kappa shape index (κ1) is 16.7. The van der Waals surface area contributed by atoms with Crippen molar-refractivity contribution in [2.24, 2.45) is 0 Å². The second kappa shape index (κ2) is 6.21. The molecule has 3 heterocycles. The highest BCUT2D eigenvalue weighted by Gasteiger charge is 2.36. The Labute approximate surface area is 155 Å². The van der Waals surface area contributed by atoms with Crippen LogP contribution in [-0.2, 0) is 9.53 Å². The smallest absolute Gasteiger partial charge is 0.338 e. The molecule has 1 aliphatic rings. The molecule has 0 spiro atoms. The highest BCUT2D eigenvalue weighted by atomic mass is 35.5. The van der Waals surface area contributed by atoms with Gasteiger partial charge in [-0.3, -0.25) is 4.57 Å². The van der Waals surface area contributed by atoms with Gasteiger partial charge < -0.3 is 14.5 Å². The van der Waals surface area contributed by atoms with Crippen molar-refractivity contribution >= 4 is 34.6 Å². The van der Waals surface area contributed by atoms with Gasteiger partial charge in [-0.1, -0.05) is 11.6 Å². The maximum absolute atomic E-state index is 12.8. The molecular formula is C19H18ClN3O3. The van der Waals surface area contributed by atoms with Gasteiger partial charge in [-0.05, 0) is 51.1 Å². The number of anilines is 1. The van der Waals surface area contributed by atoms with Crippen LogP contribution in [0.3, 0.4) is 0 Å². The third-order valence-electron chi connectivity index (χ3n) is 4.26. The third kappa shape index (κ3) is 2.66. The summed E-state index contributed by atoms with van der Waals surface area (Å²) in [4.78, 5) is 17.4. The van der Waals surface area contributed by atoms with Crippen LogP contribution in [0.1, 0.15) is 32.6 Å². The van der Waals surface area contributed by atoms with Gasteiger partial charge >= 0.3 is 5.97 Å². The number of benzene rings is 1. The fourth-order valence-electron chi connectivity index (χ4n) is 3.25. The molecule has 1 aromatic carbocycles. The topological polar surface area (TPSA) is 69.3 Å². The number of hydrogen-bond acceptors (Lipinski definition) is 5. The molecule has 1 N–H and O–H groups in total. The number of halogens is 1. The van der Waals surface area contributed by atoms with Gasteiger partial charge in [0.2, 0.25) is 5.95 Å². The van der Waals surface area contributed by atoms with Crippen LogP contribution in [0.15, 0.2) is 52.3 Å². The minimum atomic E-state index is -0.473. The van der Waals surface area contributed by atoms with Crippen molar-refractivity contribution < 1.29 is 13.9 Å². The molecule has 0 fully saturated rings. The molecule has 0 bridgehead atoms. The summed E-state index contributed by atoms with van der Waals surface area (Å²) < 4.78 is 13.1. The maximum atomic E-state index is 12.8. The summed E-state index contributed by atoms with van der Waals surface area (Å²) >= 11 is 6.11. The lowest BCUT2D eigenvalue weighted by molar-refractivity contribution is -0.143. The van der Waals surface area contributed by atoms with Crippen LogP contribution in [0.25, 0.3) is 11.0 Å². The molecule has 0 saturated carbocycles. The van der Waals surface area contributed by atoms with Crippen molar-refractivity contribution in [1.82, 2.24) is 9.55 Å². The molecule has 0 amide bonds. The average molecular weight is 372 g/mol. The van der Waals surface area contributed by atoms with Crippen LogP contribution in [0, 0.1) is 0 Å². The van der Waals surface area contributed by atoms with Crippen molar-refractivity contribution in [3.8, 4) is 0 Å². The Balaban J connectivity index is 1.94. The van der Waals surface area contributed by atoms with Gasteiger partial charge in [-0.2, -0.15) is 0 Å². The average Bonchev–Trinajstić information content (AvgIpc) is 3.19. The number of allylic oxidation sites excluding steroid dienone is 1. The number of ether oxygens (including phenoxy) is 1. The highest BCUT2D eigenvalue weighted by molar-refractivity contribution is 6.31. The van der Waals surface area contributed by atoms with E-state index in [-0.39, 0.29) is 12.1 Å². The van der Waals surface area contributed by atoms with E-state index in [0.717, 1.165) is 11.0 Å². The van der Waals surface area contributed by atoms with Gasteiger partial charge in [-0.15, -0.1) is 0 Å². The fraction of sp³-hybridized carbons (Fsp3) is 0.263. The minimum Gasteiger partial charge on any atom is -0.467 e. The number of nitrogens with one attached hydrogen (secondary N) is 1. The van der Waals surface area contributed by atoms with Gasteiger partial charge in [0.05, 0.1) is 29.0 Å². The van der Waals surface area contributed by atoms with E-state index in [4.69, 9.17) is 20.8 Å². The number of fused-ring (bicyclic) bond motifs is 3. The van der Waals surface area contributed by atoms with Crippen LogP contribution in [0.5, 0.6) is 0 Å². The molecule has 0 saturated heterocycles. The number of furan rings is 1. The Morgan fingerprint density at radius 3 is 2.88 bits per heavy atom. The fourth-order valence-corrected chi connectivity index (χ4v) is 3.42. The molecule has 0 radical (unpaired) electrons. The lowest BCUT2D eigenvalue weighted by atomic mass is 10.00. The van der Waals surface area contributed by atoms with Crippen LogP contribution in [0.2, 0.25) is 5.02 Å². The zero-order valence-electron chi connectivity index (χ0n) is 14.6. The van der Waals surface area contributed by atoms with Gasteiger partial charge in [-0.25, -0.2) is 9.78 Å². The number of carbonyl (C=O) groups is 1. The van der Waals surface area contributed by atoms with E-state index in [0.29, 0.717) is 28.0 Å². The summed E-state index contributed by atoms with van der Waals surface area (Å²) in [6.45, 7) is 5.49. The lowest BCUT2D eigenvalue weighted by Crippen LogP contribution is -2.29. The lowest BCUT2D eigenvalue weighted by Gasteiger charge is -2.29.